The first-order valence-electron chi connectivity index (χ1n) is 5.93. The first-order valence-corrected chi connectivity index (χ1v) is 6.81. The lowest BCUT2D eigenvalue weighted by molar-refractivity contribution is -0.139. The average molecular weight is 295 g/mol. The summed E-state index contributed by atoms with van der Waals surface area (Å²) in [6.45, 7) is 1.72. The van der Waals surface area contributed by atoms with E-state index in [4.69, 9.17) is 0 Å². The van der Waals surface area contributed by atoms with Gasteiger partial charge in [-0.1, -0.05) is 23.9 Å². The topological polar surface area (TPSA) is 57.0 Å². The summed E-state index contributed by atoms with van der Waals surface area (Å²) in [5.41, 5.74) is 0.375. The van der Waals surface area contributed by atoms with Crippen LogP contribution in [0.25, 0.3) is 11.4 Å². The predicted molar refractivity (Wildman–Crippen MR) is 73.7 cm³/mol. The molecule has 7 heteroatoms. The molecule has 1 unspecified atom stereocenters. The van der Waals surface area contributed by atoms with Crippen molar-refractivity contribution in [3.63, 3.8) is 0 Å². The van der Waals surface area contributed by atoms with E-state index in [1.807, 2.05) is 0 Å². The molecule has 0 radical (unpaired) electrons. The summed E-state index contributed by atoms with van der Waals surface area (Å²) >= 11 is 1.22. The Kier molecular flexibility index (Phi) is 4.39. The standard InChI is InChI=1S/C13H14FN3O2S/c1-8(12(18)19-3)20-13-16-15-11(17(13)2)9-6-4-5-7-10(9)14/h4-8H,1-3H3. The van der Waals surface area contributed by atoms with Crippen LogP contribution >= 0.6 is 11.8 Å². The van der Waals surface area contributed by atoms with Crippen molar-refractivity contribution in [3.8, 4) is 11.4 Å². The second kappa shape index (κ2) is 6.04. The van der Waals surface area contributed by atoms with Gasteiger partial charge in [-0.3, -0.25) is 4.79 Å². The molecule has 0 N–H and O–H groups in total. The molecule has 20 heavy (non-hydrogen) atoms. The number of aromatic nitrogens is 3. The van der Waals surface area contributed by atoms with Gasteiger partial charge in [0.15, 0.2) is 11.0 Å². The molecule has 1 heterocycles. The second-order valence-electron chi connectivity index (χ2n) is 4.13. The summed E-state index contributed by atoms with van der Waals surface area (Å²) < 4.78 is 20.1. The number of benzene rings is 1. The number of carbonyl (C=O) groups excluding carboxylic acids is 1. The smallest absolute Gasteiger partial charge is 0.318 e. The molecule has 2 aromatic rings. The van der Waals surface area contributed by atoms with Gasteiger partial charge in [-0.2, -0.15) is 0 Å². The van der Waals surface area contributed by atoms with Crippen molar-refractivity contribution in [1.29, 1.82) is 0 Å². The number of esters is 1. The molecule has 2 rings (SSSR count). The molecular formula is C13H14FN3O2S. The highest BCUT2D eigenvalue weighted by atomic mass is 32.2. The van der Waals surface area contributed by atoms with Crippen LogP contribution in [0.2, 0.25) is 0 Å². The van der Waals surface area contributed by atoms with Gasteiger partial charge in [0.2, 0.25) is 0 Å². The average Bonchev–Trinajstić information content (AvgIpc) is 2.80. The van der Waals surface area contributed by atoms with Crippen LogP contribution in [0.1, 0.15) is 6.92 Å². The van der Waals surface area contributed by atoms with E-state index in [2.05, 4.69) is 14.9 Å². The molecule has 0 fully saturated rings. The number of nitrogens with zero attached hydrogens (tertiary/aromatic N) is 3. The highest BCUT2D eigenvalue weighted by Gasteiger charge is 2.20. The predicted octanol–water partition coefficient (Wildman–Crippen LogP) is 2.27. The van der Waals surface area contributed by atoms with Crippen molar-refractivity contribution in [2.24, 2.45) is 7.05 Å². The summed E-state index contributed by atoms with van der Waals surface area (Å²) in [5, 5.41) is 8.10. The number of ether oxygens (including phenoxy) is 1. The lowest BCUT2D eigenvalue weighted by Gasteiger charge is -2.08. The third-order valence-electron chi connectivity index (χ3n) is 2.76. The number of thioether (sulfide) groups is 1. The summed E-state index contributed by atoms with van der Waals surface area (Å²) in [5.74, 6) is -0.284. The van der Waals surface area contributed by atoms with Crippen LogP contribution in [0.3, 0.4) is 0 Å². The lowest BCUT2D eigenvalue weighted by atomic mass is 10.2. The minimum absolute atomic E-state index is 0.342. The minimum atomic E-state index is -0.406. The monoisotopic (exact) mass is 295 g/mol. The van der Waals surface area contributed by atoms with Gasteiger partial charge in [0.25, 0.3) is 0 Å². The molecule has 0 saturated heterocycles. The number of hydrogen-bond donors (Lipinski definition) is 0. The van der Waals surface area contributed by atoms with E-state index in [0.29, 0.717) is 16.5 Å². The highest BCUT2D eigenvalue weighted by molar-refractivity contribution is 8.00. The Balaban J connectivity index is 2.28. The van der Waals surface area contributed by atoms with Crippen molar-refractivity contribution in [2.75, 3.05) is 7.11 Å². The molecule has 0 bridgehead atoms. The fourth-order valence-corrected chi connectivity index (χ4v) is 2.51. The fourth-order valence-electron chi connectivity index (χ4n) is 1.67. The molecule has 0 aliphatic heterocycles. The second-order valence-corrected chi connectivity index (χ2v) is 5.44. The Morgan fingerprint density at radius 3 is 2.75 bits per heavy atom. The van der Waals surface area contributed by atoms with E-state index < -0.39 is 5.25 Å². The molecule has 0 aliphatic carbocycles. The Hall–Kier alpha value is -1.89. The SMILES string of the molecule is COC(=O)C(C)Sc1nnc(-c2ccccc2F)n1C. The van der Waals surface area contributed by atoms with Gasteiger partial charge >= 0.3 is 5.97 Å². The lowest BCUT2D eigenvalue weighted by Crippen LogP contribution is -2.15. The summed E-state index contributed by atoms with van der Waals surface area (Å²) in [7, 11) is 3.06. The van der Waals surface area contributed by atoms with Gasteiger partial charge in [-0.25, -0.2) is 4.39 Å². The molecule has 0 saturated carbocycles. The van der Waals surface area contributed by atoms with Gasteiger partial charge in [-0.15, -0.1) is 10.2 Å². The molecule has 1 aromatic carbocycles. The van der Waals surface area contributed by atoms with E-state index in [-0.39, 0.29) is 11.8 Å². The molecule has 0 spiro atoms. The Bertz CT molecular complexity index is 630. The quantitative estimate of drug-likeness (QED) is 0.640. The first-order chi connectivity index (χ1) is 9.54. The normalized spacial score (nSPS) is 12.2. The van der Waals surface area contributed by atoms with E-state index >= 15 is 0 Å². The summed E-state index contributed by atoms with van der Waals surface area (Å²) in [6.07, 6.45) is 0. The molecular weight excluding hydrogens is 281 g/mol. The van der Waals surface area contributed by atoms with Crippen LogP contribution in [0, 0.1) is 5.82 Å². The Morgan fingerprint density at radius 1 is 1.40 bits per heavy atom. The van der Waals surface area contributed by atoms with Gasteiger partial charge in [-0.05, 0) is 19.1 Å². The third kappa shape index (κ3) is 2.82. The highest BCUT2D eigenvalue weighted by Crippen LogP contribution is 2.27. The van der Waals surface area contributed by atoms with Gasteiger partial charge < -0.3 is 9.30 Å². The minimum Gasteiger partial charge on any atom is -0.468 e. The number of halogens is 1. The van der Waals surface area contributed by atoms with Crippen LogP contribution in [0.5, 0.6) is 0 Å². The number of rotatable bonds is 4. The van der Waals surface area contributed by atoms with Crippen LogP contribution in [0.15, 0.2) is 29.4 Å². The van der Waals surface area contributed by atoms with Gasteiger partial charge in [0, 0.05) is 7.05 Å². The maximum Gasteiger partial charge on any atom is 0.318 e. The van der Waals surface area contributed by atoms with Crippen LogP contribution in [-0.2, 0) is 16.6 Å². The molecule has 1 atom stereocenters. The Labute approximate surface area is 120 Å². The zero-order chi connectivity index (χ0) is 14.7. The largest absolute Gasteiger partial charge is 0.468 e. The van der Waals surface area contributed by atoms with Crippen LogP contribution in [-0.4, -0.2) is 33.1 Å². The summed E-state index contributed by atoms with van der Waals surface area (Å²) in [4.78, 5) is 11.4. The van der Waals surface area contributed by atoms with E-state index in [1.165, 1.54) is 24.9 Å². The third-order valence-corrected chi connectivity index (χ3v) is 3.88. The van der Waals surface area contributed by atoms with Crippen LogP contribution < -0.4 is 0 Å². The van der Waals surface area contributed by atoms with E-state index in [1.54, 1.807) is 36.7 Å². The zero-order valence-corrected chi connectivity index (χ0v) is 12.1. The van der Waals surface area contributed by atoms with Crippen molar-refractivity contribution in [3.05, 3.63) is 30.1 Å². The van der Waals surface area contributed by atoms with Crippen molar-refractivity contribution >= 4 is 17.7 Å². The van der Waals surface area contributed by atoms with Crippen molar-refractivity contribution < 1.29 is 13.9 Å². The first kappa shape index (κ1) is 14.5. The molecule has 0 amide bonds. The number of hydrogen-bond acceptors (Lipinski definition) is 5. The van der Waals surface area contributed by atoms with Gasteiger partial charge in [0.1, 0.15) is 11.1 Å². The van der Waals surface area contributed by atoms with Crippen molar-refractivity contribution in [1.82, 2.24) is 14.8 Å². The summed E-state index contributed by atoms with van der Waals surface area (Å²) in [6, 6.07) is 6.35. The van der Waals surface area contributed by atoms with E-state index in [0.717, 1.165) is 0 Å². The zero-order valence-electron chi connectivity index (χ0n) is 11.3. The maximum absolute atomic E-state index is 13.7. The molecule has 5 nitrogen and oxygen atoms in total. The molecule has 1 aromatic heterocycles. The Morgan fingerprint density at radius 2 is 2.10 bits per heavy atom. The number of methoxy groups -OCH3 is 1. The maximum atomic E-state index is 13.7. The fraction of sp³-hybridized carbons (Fsp3) is 0.308. The van der Waals surface area contributed by atoms with E-state index in [9.17, 15) is 9.18 Å². The van der Waals surface area contributed by atoms with Crippen molar-refractivity contribution in [2.45, 2.75) is 17.3 Å². The van der Waals surface area contributed by atoms with Gasteiger partial charge in [0.05, 0.1) is 12.7 Å². The number of carbonyl (C=O) groups is 1. The van der Waals surface area contributed by atoms with Crippen LogP contribution in [0.4, 0.5) is 4.39 Å². The molecule has 0 aliphatic rings. The molecule has 106 valence electrons.